The number of amides is 4. The van der Waals surface area contributed by atoms with Crippen molar-refractivity contribution in [1.82, 2.24) is 15.1 Å². The summed E-state index contributed by atoms with van der Waals surface area (Å²) >= 11 is 0. The maximum absolute atomic E-state index is 13.1. The number of likely N-dealkylation sites (tertiary alicyclic amines) is 1. The van der Waals surface area contributed by atoms with Crippen molar-refractivity contribution in [2.45, 2.75) is 38.1 Å². The third-order valence-electron chi connectivity index (χ3n) is 6.76. The summed E-state index contributed by atoms with van der Waals surface area (Å²) in [6, 6.07) is 14.8. The lowest BCUT2D eigenvalue weighted by Gasteiger charge is -2.31. The van der Waals surface area contributed by atoms with Crippen LogP contribution in [0, 0.1) is 5.92 Å². The molecule has 1 saturated heterocycles. The molecule has 0 spiro atoms. The molecule has 2 aromatic rings. The molecule has 4 amide bonds. The lowest BCUT2D eigenvalue weighted by atomic mass is 9.95. The number of nitrogens with zero attached hydrogens (tertiary/aromatic N) is 2. The summed E-state index contributed by atoms with van der Waals surface area (Å²) in [5.41, 5.74) is 2.09. The van der Waals surface area contributed by atoms with E-state index in [1.807, 2.05) is 30.3 Å². The second-order valence-corrected chi connectivity index (χ2v) is 9.11. The molecule has 33 heavy (non-hydrogen) atoms. The van der Waals surface area contributed by atoms with Crippen LogP contribution in [0.5, 0.6) is 0 Å². The zero-order chi connectivity index (χ0) is 22.9. The molecule has 170 valence electrons. The first-order valence-corrected chi connectivity index (χ1v) is 11.6. The number of hydrogen-bond donors (Lipinski definition) is 1. The Bertz CT molecular complexity index is 1100. The molecule has 1 saturated carbocycles. The Labute approximate surface area is 192 Å². The molecule has 5 rings (SSSR count). The highest BCUT2D eigenvalue weighted by atomic mass is 16.2. The summed E-state index contributed by atoms with van der Waals surface area (Å²) in [5.74, 6) is -0.779. The molecule has 2 fully saturated rings. The number of fused-ring (bicyclic) bond motifs is 1. The monoisotopic (exact) mass is 445 g/mol. The Morgan fingerprint density at radius 1 is 0.879 bits per heavy atom. The van der Waals surface area contributed by atoms with Gasteiger partial charge in [0.15, 0.2) is 0 Å². The van der Waals surface area contributed by atoms with Gasteiger partial charge >= 0.3 is 0 Å². The van der Waals surface area contributed by atoms with Crippen molar-refractivity contribution in [3.63, 3.8) is 0 Å². The molecule has 7 nitrogen and oxygen atoms in total. The van der Waals surface area contributed by atoms with Crippen molar-refractivity contribution in [3.8, 4) is 0 Å². The van der Waals surface area contributed by atoms with Gasteiger partial charge in [-0.1, -0.05) is 30.3 Å². The predicted molar refractivity (Wildman–Crippen MR) is 122 cm³/mol. The van der Waals surface area contributed by atoms with Gasteiger partial charge in [0.25, 0.3) is 17.7 Å². The van der Waals surface area contributed by atoms with E-state index in [1.165, 1.54) is 4.90 Å². The fourth-order valence-corrected chi connectivity index (χ4v) is 4.59. The fraction of sp³-hybridized carbons (Fsp3) is 0.385. The summed E-state index contributed by atoms with van der Waals surface area (Å²) < 4.78 is 0. The Morgan fingerprint density at radius 3 is 2.27 bits per heavy atom. The minimum Gasteiger partial charge on any atom is -0.353 e. The van der Waals surface area contributed by atoms with E-state index in [-0.39, 0.29) is 35.1 Å². The van der Waals surface area contributed by atoms with E-state index < -0.39 is 0 Å². The van der Waals surface area contributed by atoms with Gasteiger partial charge in [-0.2, -0.15) is 0 Å². The fourth-order valence-electron chi connectivity index (χ4n) is 4.59. The van der Waals surface area contributed by atoms with Gasteiger partial charge in [-0.15, -0.1) is 0 Å². The number of hydrogen-bond acceptors (Lipinski definition) is 4. The van der Waals surface area contributed by atoms with Crippen LogP contribution in [0.15, 0.2) is 48.5 Å². The minimum absolute atomic E-state index is 0.0490. The summed E-state index contributed by atoms with van der Waals surface area (Å²) in [6.07, 6.45) is 3.99. The van der Waals surface area contributed by atoms with Crippen molar-refractivity contribution in [2.75, 3.05) is 19.6 Å². The number of carbonyl (C=O) groups is 4. The van der Waals surface area contributed by atoms with E-state index in [0.717, 1.165) is 18.4 Å². The van der Waals surface area contributed by atoms with Crippen LogP contribution < -0.4 is 5.32 Å². The zero-order valence-corrected chi connectivity index (χ0v) is 18.5. The molecular formula is C26H27N3O4. The second-order valence-electron chi connectivity index (χ2n) is 9.11. The topological polar surface area (TPSA) is 86.8 Å². The van der Waals surface area contributed by atoms with Crippen molar-refractivity contribution in [1.29, 1.82) is 0 Å². The number of piperidine rings is 1. The molecule has 0 bridgehead atoms. The van der Waals surface area contributed by atoms with Gasteiger partial charge in [0, 0.05) is 37.2 Å². The van der Waals surface area contributed by atoms with Crippen molar-refractivity contribution in [2.24, 2.45) is 5.92 Å². The van der Waals surface area contributed by atoms with E-state index >= 15 is 0 Å². The van der Waals surface area contributed by atoms with E-state index in [2.05, 4.69) is 5.32 Å². The second kappa shape index (κ2) is 8.81. The van der Waals surface area contributed by atoms with E-state index in [1.54, 1.807) is 23.1 Å². The summed E-state index contributed by atoms with van der Waals surface area (Å²) in [7, 11) is 0. The SMILES string of the molecule is O=C(NC1CC1)C1CCN(C(=O)c2ccc3c(c2)C(=O)N(CCc2ccccc2)C3=O)CC1. The molecule has 1 aliphatic carbocycles. The van der Waals surface area contributed by atoms with Crippen LogP contribution >= 0.6 is 0 Å². The van der Waals surface area contributed by atoms with Gasteiger partial charge in [0.1, 0.15) is 0 Å². The summed E-state index contributed by atoms with van der Waals surface area (Å²) in [5, 5.41) is 3.04. The molecule has 0 unspecified atom stereocenters. The third-order valence-corrected chi connectivity index (χ3v) is 6.76. The lowest BCUT2D eigenvalue weighted by Crippen LogP contribution is -2.43. The average Bonchev–Trinajstić information content (AvgIpc) is 3.64. The molecule has 0 atom stereocenters. The molecule has 3 aliphatic rings. The minimum atomic E-state index is -0.351. The quantitative estimate of drug-likeness (QED) is 0.693. The van der Waals surface area contributed by atoms with Crippen LogP contribution in [0.1, 0.15) is 62.3 Å². The van der Waals surface area contributed by atoms with Crippen LogP contribution in [-0.2, 0) is 11.2 Å². The molecule has 2 aliphatic heterocycles. The van der Waals surface area contributed by atoms with Gasteiger partial charge < -0.3 is 10.2 Å². The zero-order valence-electron chi connectivity index (χ0n) is 18.5. The van der Waals surface area contributed by atoms with E-state index in [4.69, 9.17) is 0 Å². The van der Waals surface area contributed by atoms with Gasteiger partial charge in [0.05, 0.1) is 11.1 Å². The highest BCUT2D eigenvalue weighted by Crippen LogP contribution is 2.27. The highest BCUT2D eigenvalue weighted by molar-refractivity contribution is 6.22. The van der Waals surface area contributed by atoms with Crippen molar-refractivity contribution in [3.05, 3.63) is 70.8 Å². The van der Waals surface area contributed by atoms with Crippen LogP contribution in [0.3, 0.4) is 0 Å². The van der Waals surface area contributed by atoms with Crippen LogP contribution in [-0.4, -0.2) is 59.1 Å². The molecule has 0 aromatic heterocycles. The number of nitrogens with one attached hydrogen (secondary N) is 1. The first kappa shape index (κ1) is 21.4. The maximum Gasteiger partial charge on any atom is 0.261 e. The maximum atomic E-state index is 13.1. The summed E-state index contributed by atoms with van der Waals surface area (Å²) in [4.78, 5) is 54.0. The Morgan fingerprint density at radius 2 is 1.58 bits per heavy atom. The molecular weight excluding hydrogens is 418 g/mol. The predicted octanol–water partition coefficient (Wildman–Crippen LogP) is 2.66. The lowest BCUT2D eigenvalue weighted by molar-refractivity contribution is -0.126. The smallest absolute Gasteiger partial charge is 0.261 e. The molecule has 0 radical (unpaired) electrons. The number of carbonyl (C=O) groups excluding carboxylic acids is 4. The Balaban J connectivity index is 1.22. The van der Waals surface area contributed by atoms with Crippen molar-refractivity contribution >= 4 is 23.6 Å². The van der Waals surface area contributed by atoms with Crippen molar-refractivity contribution < 1.29 is 19.2 Å². The third kappa shape index (κ3) is 4.40. The molecule has 2 heterocycles. The Kier molecular flexibility index (Phi) is 5.70. The molecule has 2 aromatic carbocycles. The van der Waals surface area contributed by atoms with Gasteiger partial charge in [-0.25, -0.2) is 0 Å². The largest absolute Gasteiger partial charge is 0.353 e. The van der Waals surface area contributed by atoms with Crippen LogP contribution in [0.25, 0.3) is 0 Å². The van der Waals surface area contributed by atoms with Crippen LogP contribution in [0.4, 0.5) is 0 Å². The standard InChI is InChI=1S/C26H27N3O4/c30-23(27-20-7-8-20)18-11-13-28(14-12-18)24(31)19-6-9-21-22(16-19)26(33)29(25(21)32)15-10-17-4-2-1-3-5-17/h1-6,9,16,18,20H,7-8,10-15H2,(H,27,30). The van der Waals surface area contributed by atoms with Gasteiger partial charge in [0.2, 0.25) is 5.91 Å². The summed E-state index contributed by atoms with van der Waals surface area (Å²) in [6.45, 7) is 1.32. The Hall–Kier alpha value is -3.48. The highest BCUT2D eigenvalue weighted by Gasteiger charge is 2.36. The van der Waals surface area contributed by atoms with Crippen LogP contribution in [0.2, 0.25) is 0 Å². The first-order valence-electron chi connectivity index (χ1n) is 11.6. The van der Waals surface area contributed by atoms with Gasteiger partial charge in [-0.05, 0) is 55.9 Å². The number of rotatable bonds is 6. The molecule has 7 heteroatoms. The number of imide groups is 1. The normalized spacial score (nSPS) is 18.4. The number of benzene rings is 2. The van der Waals surface area contributed by atoms with E-state index in [9.17, 15) is 19.2 Å². The molecule has 1 N–H and O–H groups in total. The average molecular weight is 446 g/mol. The van der Waals surface area contributed by atoms with Gasteiger partial charge in [-0.3, -0.25) is 24.1 Å². The first-order chi connectivity index (χ1) is 16.0. The van der Waals surface area contributed by atoms with E-state index in [0.29, 0.717) is 56.1 Å².